The summed E-state index contributed by atoms with van der Waals surface area (Å²) in [5.74, 6) is -0.949. The van der Waals surface area contributed by atoms with Crippen LogP contribution in [0.2, 0.25) is 5.02 Å². The van der Waals surface area contributed by atoms with Crippen molar-refractivity contribution < 1.29 is 13.2 Å². The van der Waals surface area contributed by atoms with Crippen LogP contribution in [-0.2, 0) is 0 Å². The Labute approximate surface area is 73.0 Å². The standard InChI is InChI=1S/C8H6ClF3/c1-4-2-5(9)3-6(10)7(4)8(11)12/h2-3,8H,1H3. The highest BCUT2D eigenvalue weighted by molar-refractivity contribution is 6.30. The minimum absolute atomic E-state index is 0.134. The minimum atomic E-state index is -2.79. The third-order valence-electron chi connectivity index (χ3n) is 1.52. The average molecular weight is 195 g/mol. The lowest BCUT2D eigenvalue weighted by Crippen LogP contribution is -1.94. The van der Waals surface area contributed by atoms with E-state index in [0.29, 0.717) is 0 Å². The normalized spacial score (nSPS) is 10.8. The van der Waals surface area contributed by atoms with E-state index < -0.39 is 17.8 Å². The first kappa shape index (κ1) is 9.39. The molecule has 0 aliphatic heterocycles. The molecule has 0 aromatic heterocycles. The molecule has 0 spiro atoms. The largest absolute Gasteiger partial charge is 0.266 e. The SMILES string of the molecule is Cc1cc(Cl)cc(F)c1C(F)F. The van der Waals surface area contributed by atoms with Crippen LogP contribution in [0.15, 0.2) is 12.1 Å². The topological polar surface area (TPSA) is 0 Å². The number of rotatable bonds is 1. The number of hydrogen-bond donors (Lipinski definition) is 0. The summed E-state index contributed by atoms with van der Waals surface area (Å²) in [5.41, 5.74) is -0.394. The quantitative estimate of drug-likeness (QED) is 0.639. The summed E-state index contributed by atoms with van der Waals surface area (Å²) >= 11 is 5.44. The van der Waals surface area contributed by atoms with Crippen molar-refractivity contribution in [2.45, 2.75) is 13.3 Å². The Balaban J connectivity index is 3.28. The first-order valence-electron chi connectivity index (χ1n) is 3.26. The van der Waals surface area contributed by atoms with Gasteiger partial charge in [0.05, 0.1) is 5.56 Å². The molecule has 0 unspecified atom stereocenters. The highest BCUT2D eigenvalue weighted by Crippen LogP contribution is 2.27. The molecule has 0 heterocycles. The average Bonchev–Trinajstić information content (AvgIpc) is 1.82. The first-order chi connectivity index (χ1) is 5.52. The Kier molecular flexibility index (Phi) is 2.62. The summed E-state index contributed by atoms with van der Waals surface area (Å²) in [6.45, 7) is 1.40. The van der Waals surface area contributed by atoms with Gasteiger partial charge in [0.1, 0.15) is 5.82 Å². The summed E-state index contributed by atoms with van der Waals surface area (Å²) in [6, 6.07) is 2.20. The molecule has 0 radical (unpaired) electrons. The molecule has 0 saturated carbocycles. The van der Waals surface area contributed by atoms with Gasteiger partial charge in [0.15, 0.2) is 0 Å². The van der Waals surface area contributed by atoms with Crippen LogP contribution in [0.3, 0.4) is 0 Å². The fraction of sp³-hybridized carbons (Fsp3) is 0.250. The van der Waals surface area contributed by atoms with Gasteiger partial charge in [-0.3, -0.25) is 0 Å². The van der Waals surface area contributed by atoms with Crippen LogP contribution in [0.4, 0.5) is 13.2 Å². The first-order valence-corrected chi connectivity index (χ1v) is 3.64. The Morgan fingerprint density at radius 1 is 1.33 bits per heavy atom. The molecule has 1 aromatic carbocycles. The third kappa shape index (κ3) is 1.72. The van der Waals surface area contributed by atoms with Crippen LogP contribution in [0.25, 0.3) is 0 Å². The third-order valence-corrected chi connectivity index (χ3v) is 1.74. The van der Waals surface area contributed by atoms with Crippen LogP contribution < -0.4 is 0 Å². The van der Waals surface area contributed by atoms with Gasteiger partial charge in [-0.15, -0.1) is 0 Å². The monoisotopic (exact) mass is 194 g/mol. The van der Waals surface area contributed by atoms with E-state index in [4.69, 9.17) is 11.6 Å². The van der Waals surface area contributed by atoms with Gasteiger partial charge in [-0.1, -0.05) is 11.6 Å². The molecule has 4 heteroatoms. The van der Waals surface area contributed by atoms with Gasteiger partial charge in [0.2, 0.25) is 0 Å². The Morgan fingerprint density at radius 3 is 2.33 bits per heavy atom. The van der Waals surface area contributed by atoms with E-state index in [1.807, 2.05) is 0 Å². The van der Waals surface area contributed by atoms with Gasteiger partial charge in [-0.05, 0) is 24.6 Å². The van der Waals surface area contributed by atoms with E-state index in [2.05, 4.69) is 0 Å². The number of aryl methyl sites for hydroxylation is 1. The van der Waals surface area contributed by atoms with E-state index in [-0.39, 0.29) is 10.6 Å². The maximum absolute atomic E-state index is 12.8. The number of hydrogen-bond acceptors (Lipinski definition) is 0. The number of halogens is 4. The highest BCUT2D eigenvalue weighted by Gasteiger charge is 2.16. The molecular formula is C8H6ClF3. The maximum atomic E-state index is 12.8. The van der Waals surface area contributed by atoms with Crippen LogP contribution in [-0.4, -0.2) is 0 Å². The predicted molar refractivity (Wildman–Crippen MR) is 41.1 cm³/mol. The van der Waals surface area contributed by atoms with Crippen molar-refractivity contribution in [2.24, 2.45) is 0 Å². The molecule has 0 aliphatic carbocycles. The molecule has 0 N–H and O–H groups in total. The van der Waals surface area contributed by atoms with Crippen LogP contribution in [0, 0.1) is 12.7 Å². The molecular weight excluding hydrogens is 189 g/mol. The molecule has 0 bridgehead atoms. The second-order valence-corrected chi connectivity index (χ2v) is 2.86. The zero-order chi connectivity index (χ0) is 9.30. The van der Waals surface area contributed by atoms with Crippen molar-refractivity contribution in [3.8, 4) is 0 Å². The van der Waals surface area contributed by atoms with E-state index in [9.17, 15) is 13.2 Å². The summed E-state index contributed by atoms with van der Waals surface area (Å²) in [4.78, 5) is 0. The lowest BCUT2D eigenvalue weighted by molar-refractivity contribution is 0.145. The Hall–Kier alpha value is -0.700. The molecule has 1 rings (SSSR count). The summed E-state index contributed by atoms with van der Waals surface area (Å²) < 4.78 is 37.1. The van der Waals surface area contributed by atoms with Crippen molar-refractivity contribution in [3.63, 3.8) is 0 Å². The summed E-state index contributed by atoms with van der Waals surface area (Å²) in [7, 11) is 0. The summed E-state index contributed by atoms with van der Waals surface area (Å²) in [6.07, 6.45) is -2.79. The lowest BCUT2D eigenvalue weighted by atomic mass is 10.1. The molecule has 66 valence electrons. The van der Waals surface area contributed by atoms with Crippen molar-refractivity contribution in [2.75, 3.05) is 0 Å². The second-order valence-electron chi connectivity index (χ2n) is 2.42. The van der Waals surface area contributed by atoms with Gasteiger partial charge in [-0.25, -0.2) is 13.2 Å². The van der Waals surface area contributed by atoms with Crippen molar-refractivity contribution in [1.29, 1.82) is 0 Å². The van der Waals surface area contributed by atoms with Gasteiger partial charge in [0.25, 0.3) is 6.43 Å². The highest BCUT2D eigenvalue weighted by atomic mass is 35.5. The predicted octanol–water partition coefficient (Wildman–Crippen LogP) is 3.73. The van der Waals surface area contributed by atoms with Crippen molar-refractivity contribution in [1.82, 2.24) is 0 Å². The fourth-order valence-corrected chi connectivity index (χ4v) is 1.25. The van der Waals surface area contributed by atoms with E-state index in [1.165, 1.54) is 13.0 Å². The van der Waals surface area contributed by atoms with Gasteiger partial charge >= 0.3 is 0 Å². The zero-order valence-electron chi connectivity index (χ0n) is 6.24. The molecule has 1 aromatic rings. The molecule has 12 heavy (non-hydrogen) atoms. The smallest absolute Gasteiger partial charge is 0.206 e. The van der Waals surface area contributed by atoms with E-state index in [1.54, 1.807) is 0 Å². The number of benzene rings is 1. The minimum Gasteiger partial charge on any atom is -0.206 e. The zero-order valence-corrected chi connectivity index (χ0v) is 7.00. The maximum Gasteiger partial charge on any atom is 0.266 e. The van der Waals surface area contributed by atoms with Crippen molar-refractivity contribution >= 4 is 11.6 Å². The van der Waals surface area contributed by atoms with E-state index in [0.717, 1.165) is 6.07 Å². The molecule has 0 nitrogen and oxygen atoms in total. The molecule has 0 fully saturated rings. The molecule has 0 aliphatic rings. The van der Waals surface area contributed by atoms with Crippen LogP contribution in [0.1, 0.15) is 17.6 Å². The van der Waals surface area contributed by atoms with Crippen LogP contribution >= 0.6 is 11.6 Å². The molecule has 0 amide bonds. The second kappa shape index (κ2) is 3.35. The summed E-state index contributed by atoms with van der Waals surface area (Å²) in [5, 5.41) is 0.134. The lowest BCUT2D eigenvalue weighted by Gasteiger charge is -2.05. The van der Waals surface area contributed by atoms with Gasteiger partial charge < -0.3 is 0 Å². The van der Waals surface area contributed by atoms with Gasteiger partial charge in [-0.2, -0.15) is 0 Å². The Morgan fingerprint density at radius 2 is 1.92 bits per heavy atom. The van der Waals surface area contributed by atoms with E-state index >= 15 is 0 Å². The van der Waals surface area contributed by atoms with Crippen LogP contribution in [0.5, 0.6) is 0 Å². The molecule has 0 atom stereocenters. The van der Waals surface area contributed by atoms with Crippen molar-refractivity contribution in [3.05, 3.63) is 34.1 Å². The fourth-order valence-electron chi connectivity index (χ4n) is 0.990. The number of alkyl halides is 2. The molecule has 0 saturated heterocycles. The van der Waals surface area contributed by atoms with Gasteiger partial charge in [0, 0.05) is 5.02 Å². The Bertz CT molecular complexity index is 273.